The summed E-state index contributed by atoms with van der Waals surface area (Å²) in [5, 5.41) is 8.34. The van der Waals surface area contributed by atoms with E-state index in [0.29, 0.717) is 22.0 Å². The largest absolute Gasteiger partial charge is 0.343 e. The summed E-state index contributed by atoms with van der Waals surface area (Å²) in [6.45, 7) is 1.17. The molecule has 130 valence electrons. The maximum atomic E-state index is 12.0. The van der Waals surface area contributed by atoms with Gasteiger partial charge in [-0.25, -0.2) is 0 Å². The monoisotopic (exact) mass is 379 g/mol. The van der Waals surface area contributed by atoms with Gasteiger partial charge in [-0.1, -0.05) is 29.3 Å². The maximum Gasteiger partial charge on any atom is 0.251 e. The highest BCUT2D eigenvalue weighted by Gasteiger charge is 2.10. The second-order valence-corrected chi connectivity index (χ2v) is 5.94. The van der Waals surface area contributed by atoms with Crippen LogP contribution in [0, 0.1) is 0 Å². The van der Waals surface area contributed by atoms with Gasteiger partial charge in [0.2, 0.25) is 11.8 Å². The molecule has 0 heterocycles. The van der Waals surface area contributed by atoms with Crippen LogP contribution >= 0.6 is 23.2 Å². The number of carbonyl (C=O) groups is 3. The lowest BCUT2D eigenvalue weighted by Crippen LogP contribution is -2.32. The summed E-state index contributed by atoms with van der Waals surface area (Å²) in [6.07, 6.45) is 0. The third kappa shape index (κ3) is 5.77. The van der Waals surface area contributed by atoms with Crippen molar-refractivity contribution in [2.24, 2.45) is 0 Å². The zero-order chi connectivity index (χ0) is 18.4. The van der Waals surface area contributed by atoms with Crippen LogP contribution in [0.3, 0.4) is 0 Å². The average molecular weight is 380 g/mol. The summed E-state index contributed by atoms with van der Waals surface area (Å²) in [5.41, 5.74) is 1.36. The van der Waals surface area contributed by atoms with Crippen molar-refractivity contribution in [3.05, 3.63) is 58.1 Å². The van der Waals surface area contributed by atoms with E-state index in [2.05, 4.69) is 16.0 Å². The highest BCUT2D eigenvalue weighted by Crippen LogP contribution is 2.22. The number of hydrogen-bond donors (Lipinski definition) is 3. The van der Waals surface area contributed by atoms with Crippen molar-refractivity contribution in [2.45, 2.75) is 6.92 Å². The van der Waals surface area contributed by atoms with Crippen molar-refractivity contribution in [1.82, 2.24) is 5.32 Å². The van der Waals surface area contributed by atoms with Gasteiger partial charge >= 0.3 is 0 Å². The smallest absolute Gasteiger partial charge is 0.251 e. The molecule has 0 saturated carbocycles. The van der Waals surface area contributed by atoms with Crippen LogP contribution in [0.4, 0.5) is 11.4 Å². The molecule has 0 fully saturated rings. The van der Waals surface area contributed by atoms with Crippen molar-refractivity contribution in [3.63, 3.8) is 0 Å². The van der Waals surface area contributed by atoms with E-state index >= 15 is 0 Å². The zero-order valence-electron chi connectivity index (χ0n) is 13.2. The Morgan fingerprint density at radius 2 is 1.60 bits per heavy atom. The van der Waals surface area contributed by atoms with Crippen LogP contribution < -0.4 is 16.0 Å². The molecule has 0 aliphatic carbocycles. The fourth-order valence-electron chi connectivity index (χ4n) is 1.98. The van der Waals surface area contributed by atoms with Gasteiger partial charge < -0.3 is 16.0 Å². The first-order valence-corrected chi connectivity index (χ1v) is 8.01. The van der Waals surface area contributed by atoms with Gasteiger partial charge in [0.25, 0.3) is 5.91 Å². The number of benzene rings is 2. The van der Waals surface area contributed by atoms with Crippen molar-refractivity contribution in [3.8, 4) is 0 Å². The summed E-state index contributed by atoms with van der Waals surface area (Å²) in [5.74, 6) is -1.06. The van der Waals surface area contributed by atoms with Crippen molar-refractivity contribution >= 4 is 52.3 Å². The number of halogens is 2. The maximum absolute atomic E-state index is 12.0. The first-order valence-electron chi connectivity index (χ1n) is 7.26. The van der Waals surface area contributed by atoms with Gasteiger partial charge in [0.1, 0.15) is 0 Å². The van der Waals surface area contributed by atoms with E-state index in [1.165, 1.54) is 25.1 Å². The number of nitrogens with one attached hydrogen (secondary N) is 3. The van der Waals surface area contributed by atoms with E-state index in [-0.39, 0.29) is 17.5 Å². The number of rotatable bonds is 5. The number of carbonyl (C=O) groups excluding carboxylic acids is 3. The van der Waals surface area contributed by atoms with Crippen LogP contribution in [0.1, 0.15) is 17.3 Å². The van der Waals surface area contributed by atoms with Gasteiger partial charge in [0.15, 0.2) is 0 Å². The molecule has 0 aromatic heterocycles. The Morgan fingerprint density at radius 3 is 2.24 bits per heavy atom. The Labute approximate surface area is 154 Å². The lowest BCUT2D eigenvalue weighted by Gasteiger charge is -2.09. The van der Waals surface area contributed by atoms with E-state index < -0.39 is 11.8 Å². The Balaban J connectivity index is 1.91. The minimum atomic E-state index is -0.444. The molecule has 2 rings (SSSR count). The van der Waals surface area contributed by atoms with Gasteiger partial charge in [0, 0.05) is 23.9 Å². The molecule has 3 amide bonds. The molecule has 2 aromatic rings. The van der Waals surface area contributed by atoms with Crippen LogP contribution in [0.2, 0.25) is 10.0 Å². The summed E-state index contributed by atoms with van der Waals surface area (Å²) in [6, 6.07) is 11.1. The summed E-state index contributed by atoms with van der Waals surface area (Å²) < 4.78 is 0. The predicted octanol–water partition coefficient (Wildman–Crippen LogP) is 3.32. The molecule has 0 spiro atoms. The van der Waals surface area contributed by atoms with E-state index in [0.717, 1.165) is 0 Å². The van der Waals surface area contributed by atoms with E-state index in [1.807, 2.05) is 0 Å². The van der Waals surface area contributed by atoms with Gasteiger partial charge in [0.05, 0.1) is 16.6 Å². The van der Waals surface area contributed by atoms with E-state index in [9.17, 15) is 14.4 Å². The molecular weight excluding hydrogens is 365 g/mol. The van der Waals surface area contributed by atoms with Crippen LogP contribution in [-0.2, 0) is 9.59 Å². The fourth-order valence-corrected chi connectivity index (χ4v) is 2.28. The Bertz CT molecular complexity index is 825. The normalized spacial score (nSPS) is 10.0. The third-order valence-electron chi connectivity index (χ3n) is 3.06. The Morgan fingerprint density at radius 1 is 0.920 bits per heavy atom. The minimum Gasteiger partial charge on any atom is -0.343 e. The third-order valence-corrected chi connectivity index (χ3v) is 3.80. The van der Waals surface area contributed by atoms with Crippen LogP contribution in [0.5, 0.6) is 0 Å². The minimum absolute atomic E-state index is 0.211. The molecule has 0 bridgehead atoms. The molecule has 3 N–H and O–H groups in total. The van der Waals surface area contributed by atoms with Gasteiger partial charge in [-0.05, 0) is 36.4 Å². The van der Waals surface area contributed by atoms with Crippen molar-refractivity contribution < 1.29 is 14.4 Å². The average Bonchev–Trinajstić information content (AvgIpc) is 2.55. The molecule has 25 heavy (non-hydrogen) atoms. The summed E-state index contributed by atoms with van der Waals surface area (Å²) >= 11 is 11.7. The molecule has 2 aromatic carbocycles. The lowest BCUT2D eigenvalue weighted by atomic mass is 10.2. The Hall–Kier alpha value is -2.57. The molecule has 0 saturated heterocycles. The topological polar surface area (TPSA) is 87.3 Å². The SMILES string of the molecule is CC(=O)Nc1cccc(NC(=O)CNC(=O)c2ccc(Cl)c(Cl)c2)c1. The van der Waals surface area contributed by atoms with Crippen molar-refractivity contribution in [2.75, 3.05) is 17.2 Å². The highest BCUT2D eigenvalue weighted by molar-refractivity contribution is 6.42. The zero-order valence-corrected chi connectivity index (χ0v) is 14.7. The molecule has 0 aliphatic rings. The van der Waals surface area contributed by atoms with Gasteiger partial charge in [-0.3, -0.25) is 14.4 Å². The van der Waals surface area contributed by atoms with Gasteiger partial charge in [-0.2, -0.15) is 0 Å². The van der Waals surface area contributed by atoms with E-state index in [4.69, 9.17) is 23.2 Å². The highest BCUT2D eigenvalue weighted by atomic mass is 35.5. The predicted molar refractivity (Wildman–Crippen MR) is 98.2 cm³/mol. The van der Waals surface area contributed by atoms with E-state index in [1.54, 1.807) is 24.3 Å². The lowest BCUT2D eigenvalue weighted by molar-refractivity contribution is -0.115. The van der Waals surface area contributed by atoms with Crippen molar-refractivity contribution in [1.29, 1.82) is 0 Å². The molecule has 0 unspecified atom stereocenters. The van der Waals surface area contributed by atoms with Gasteiger partial charge in [-0.15, -0.1) is 0 Å². The molecule has 0 aliphatic heterocycles. The second-order valence-electron chi connectivity index (χ2n) is 5.12. The second kappa shape index (κ2) is 8.50. The molecular formula is C17H15Cl2N3O3. The fraction of sp³-hybridized carbons (Fsp3) is 0.118. The summed E-state index contributed by atoms with van der Waals surface area (Å²) in [4.78, 5) is 35.0. The van der Waals surface area contributed by atoms with Crippen LogP contribution in [0.25, 0.3) is 0 Å². The number of anilines is 2. The number of hydrogen-bond acceptors (Lipinski definition) is 3. The molecule has 6 nitrogen and oxygen atoms in total. The standard InChI is InChI=1S/C17H15Cl2N3O3/c1-10(23)21-12-3-2-4-13(8-12)22-16(24)9-20-17(25)11-5-6-14(18)15(19)7-11/h2-8H,9H2,1H3,(H,20,25)(H,21,23)(H,22,24). The molecule has 8 heteroatoms. The molecule has 0 atom stereocenters. The van der Waals surface area contributed by atoms with Crippen LogP contribution in [0.15, 0.2) is 42.5 Å². The van der Waals surface area contributed by atoms with Crippen LogP contribution in [-0.4, -0.2) is 24.3 Å². The summed E-state index contributed by atoms with van der Waals surface area (Å²) in [7, 11) is 0. The number of amides is 3. The first-order chi connectivity index (χ1) is 11.8. The molecule has 0 radical (unpaired) electrons. The first kappa shape index (κ1) is 18.8. The Kier molecular flexibility index (Phi) is 6.38. The quantitative estimate of drug-likeness (QED) is 0.744.